The monoisotopic (exact) mass is 281 g/mol. The third kappa shape index (κ3) is 2.39. The lowest BCUT2D eigenvalue weighted by Gasteiger charge is -2.17. The number of thiophene rings is 1. The maximum Gasteiger partial charge on any atom is 0.348 e. The molecule has 2 rings (SSSR count). The van der Waals surface area contributed by atoms with Crippen molar-refractivity contribution in [2.24, 2.45) is 0 Å². The molecule has 0 amide bonds. The molecule has 7 heteroatoms. The molecule has 2 aromatic rings. The van der Waals surface area contributed by atoms with Crippen molar-refractivity contribution < 1.29 is 14.6 Å². The van der Waals surface area contributed by atoms with Gasteiger partial charge in [-0.15, -0.1) is 11.3 Å². The van der Waals surface area contributed by atoms with E-state index in [2.05, 4.69) is 9.97 Å². The molecule has 0 atom stereocenters. The van der Waals surface area contributed by atoms with E-state index in [0.29, 0.717) is 17.2 Å². The molecule has 0 aromatic carbocycles. The predicted molar refractivity (Wildman–Crippen MR) is 73.8 cm³/mol. The van der Waals surface area contributed by atoms with Gasteiger partial charge in [0.05, 0.1) is 19.1 Å². The molecule has 0 bridgehead atoms. The van der Waals surface area contributed by atoms with Gasteiger partial charge in [-0.3, -0.25) is 0 Å². The van der Waals surface area contributed by atoms with Crippen LogP contribution in [-0.4, -0.2) is 48.4 Å². The molecule has 0 aliphatic heterocycles. The summed E-state index contributed by atoms with van der Waals surface area (Å²) in [5, 5.41) is 9.85. The number of aromatic nitrogens is 2. The lowest BCUT2D eigenvalue weighted by atomic mass is 10.2. The molecule has 0 aliphatic rings. The van der Waals surface area contributed by atoms with Crippen molar-refractivity contribution in [3.8, 4) is 0 Å². The van der Waals surface area contributed by atoms with Gasteiger partial charge < -0.3 is 14.7 Å². The first-order valence-electron chi connectivity index (χ1n) is 5.74. The zero-order valence-electron chi connectivity index (χ0n) is 11.0. The van der Waals surface area contributed by atoms with Gasteiger partial charge in [-0.1, -0.05) is 0 Å². The second-order valence-corrected chi connectivity index (χ2v) is 5.07. The van der Waals surface area contributed by atoms with Gasteiger partial charge in [0.15, 0.2) is 0 Å². The number of anilines is 1. The first-order chi connectivity index (χ1) is 9.10. The third-order valence-electron chi connectivity index (χ3n) is 2.87. The van der Waals surface area contributed by atoms with Gasteiger partial charge in [-0.25, -0.2) is 14.8 Å². The Hall–Kier alpha value is -1.73. The number of carbonyl (C=O) groups is 1. The minimum absolute atomic E-state index is 0.0367. The van der Waals surface area contributed by atoms with Gasteiger partial charge in [-0.05, 0) is 12.5 Å². The second kappa shape index (κ2) is 5.50. The number of aryl methyl sites for hydroxylation is 1. The fraction of sp³-hybridized carbons (Fsp3) is 0.417. The van der Waals surface area contributed by atoms with Crippen molar-refractivity contribution >= 4 is 33.3 Å². The number of rotatable bonds is 4. The van der Waals surface area contributed by atoms with E-state index in [1.54, 1.807) is 0 Å². The Morgan fingerprint density at radius 3 is 2.89 bits per heavy atom. The summed E-state index contributed by atoms with van der Waals surface area (Å²) in [6.07, 6.45) is 1.46. The summed E-state index contributed by atoms with van der Waals surface area (Å²) >= 11 is 1.29. The van der Waals surface area contributed by atoms with Crippen LogP contribution in [0.25, 0.3) is 10.2 Å². The molecule has 6 nitrogen and oxygen atoms in total. The fourth-order valence-corrected chi connectivity index (χ4v) is 2.95. The van der Waals surface area contributed by atoms with Crippen LogP contribution in [0.1, 0.15) is 15.2 Å². The Morgan fingerprint density at radius 2 is 2.26 bits per heavy atom. The number of nitrogens with zero attached hydrogens (tertiary/aromatic N) is 3. The molecule has 2 aromatic heterocycles. The number of hydrogen-bond donors (Lipinski definition) is 1. The summed E-state index contributed by atoms with van der Waals surface area (Å²) in [5.41, 5.74) is 0.812. The number of aliphatic hydroxyl groups is 1. The fourth-order valence-electron chi connectivity index (χ4n) is 1.89. The van der Waals surface area contributed by atoms with Gasteiger partial charge in [0.2, 0.25) is 0 Å². The summed E-state index contributed by atoms with van der Waals surface area (Å²) in [6.45, 7) is 2.36. The van der Waals surface area contributed by atoms with Gasteiger partial charge in [0.1, 0.15) is 21.9 Å². The van der Waals surface area contributed by atoms with Crippen LogP contribution in [-0.2, 0) is 4.74 Å². The van der Waals surface area contributed by atoms with Crippen LogP contribution in [0.4, 0.5) is 5.82 Å². The second-order valence-electron chi connectivity index (χ2n) is 4.07. The minimum Gasteiger partial charge on any atom is -0.465 e. The number of ether oxygens (including phenoxy) is 1. The summed E-state index contributed by atoms with van der Waals surface area (Å²) in [7, 11) is 3.20. The van der Waals surface area contributed by atoms with Crippen LogP contribution in [0, 0.1) is 6.92 Å². The number of likely N-dealkylation sites (N-methyl/N-ethyl adjacent to an activating group) is 1. The van der Waals surface area contributed by atoms with Gasteiger partial charge >= 0.3 is 5.97 Å². The van der Waals surface area contributed by atoms with E-state index < -0.39 is 0 Å². The van der Waals surface area contributed by atoms with Crippen molar-refractivity contribution in [2.75, 3.05) is 32.2 Å². The van der Waals surface area contributed by atoms with Gasteiger partial charge in [0.25, 0.3) is 0 Å². The Kier molecular flexibility index (Phi) is 3.96. The first kappa shape index (κ1) is 13.7. The molecule has 0 fully saturated rings. The molecule has 19 heavy (non-hydrogen) atoms. The molecule has 0 spiro atoms. The van der Waals surface area contributed by atoms with Crippen LogP contribution >= 0.6 is 11.3 Å². The zero-order chi connectivity index (χ0) is 14.0. The topological polar surface area (TPSA) is 75.5 Å². The van der Waals surface area contributed by atoms with Crippen molar-refractivity contribution in [2.45, 2.75) is 6.92 Å². The number of esters is 1. The molecule has 0 aliphatic carbocycles. The van der Waals surface area contributed by atoms with E-state index in [9.17, 15) is 4.79 Å². The molecule has 1 N–H and O–H groups in total. The third-order valence-corrected chi connectivity index (χ3v) is 4.05. The van der Waals surface area contributed by atoms with E-state index >= 15 is 0 Å². The van der Waals surface area contributed by atoms with E-state index in [1.807, 2.05) is 18.9 Å². The van der Waals surface area contributed by atoms with E-state index in [0.717, 1.165) is 15.8 Å². The Labute approximate surface area is 114 Å². The van der Waals surface area contributed by atoms with Gasteiger partial charge in [-0.2, -0.15) is 0 Å². The summed E-state index contributed by atoms with van der Waals surface area (Å²) in [5.74, 6) is 0.346. The molecule has 0 saturated carbocycles. The standard InChI is InChI=1S/C12H15N3O3S/c1-7-8-10(15(2)4-5-16)13-6-14-11(8)19-9(7)12(17)18-3/h6,16H,4-5H2,1-3H3. The SMILES string of the molecule is COC(=O)c1sc2ncnc(N(C)CCO)c2c1C. The number of carbonyl (C=O) groups excluding carboxylic acids is 1. The average molecular weight is 281 g/mol. The highest BCUT2D eigenvalue weighted by atomic mass is 32.1. The smallest absolute Gasteiger partial charge is 0.348 e. The largest absolute Gasteiger partial charge is 0.465 e. The molecule has 102 valence electrons. The van der Waals surface area contributed by atoms with E-state index in [1.165, 1.54) is 24.8 Å². The van der Waals surface area contributed by atoms with Crippen LogP contribution in [0.2, 0.25) is 0 Å². The summed E-state index contributed by atoms with van der Waals surface area (Å²) in [4.78, 5) is 23.3. The molecule has 0 radical (unpaired) electrons. The number of fused-ring (bicyclic) bond motifs is 1. The molecular formula is C12H15N3O3S. The molecule has 2 heterocycles. The summed E-state index contributed by atoms with van der Waals surface area (Å²) in [6, 6.07) is 0. The highest BCUT2D eigenvalue weighted by Crippen LogP contribution is 2.34. The lowest BCUT2D eigenvalue weighted by Crippen LogP contribution is -2.22. The summed E-state index contributed by atoms with van der Waals surface area (Å²) < 4.78 is 4.76. The van der Waals surface area contributed by atoms with Crippen molar-refractivity contribution in [3.05, 3.63) is 16.8 Å². The quantitative estimate of drug-likeness (QED) is 0.849. The van der Waals surface area contributed by atoms with Crippen LogP contribution < -0.4 is 4.90 Å². The average Bonchev–Trinajstić information content (AvgIpc) is 2.76. The van der Waals surface area contributed by atoms with Crippen molar-refractivity contribution in [1.82, 2.24) is 9.97 Å². The van der Waals surface area contributed by atoms with E-state index in [-0.39, 0.29) is 12.6 Å². The van der Waals surface area contributed by atoms with E-state index in [4.69, 9.17) is 9.84 Å². The highest BCUT2D eigenvalue weighted by molar-refractivity contribution is 7.20. The van der Waals surface area contributed by atoms with Gasteiger partial charge in [0, 0.05) is 13.6 Å². The Bertz CT molecular complexity index is 612. The number of methoxy groups -OCH3 is 1. The highest BCUT2D eigenvalue weighted by Gasteiger charge is 2.20. The maximum absolute atomic E-state index is 11.7. The van der Waals surface area contributed by atoms with Crippen molar-refractivity contribution in [3.63, 3.8) is 0 Å². The zero-order valence-corrected chi connectivity index (χ0v) is 11.8. The van der Waals surface area contributed by atoms with Crippen LogP contribution in [0.5, 0.6) is 0 Å². The maximum atomic E-state index is 11.7. The lowest BCUT2D eigenvalue weighted by molar-refractivity contribution is 0.0605. The predicted octanol–water partition coefficient (Wildman–Crippen LogP) is 1.21. The van der Waals surface area contributed by atoms with Crippen LogP contribution in [0.3, 0.4) is 0 Å². The number of aliphatic hydroxyl groups excluding tert-OH is 1. The van der Waals surface area contributed by atoms with Crippen molar-refractivity contribution in [1.29, 1.82) is 0 Å². The minimum atomic E-state index is -0.365. The Morgan fingerprint density at radius 1 is 1.53 bits per heavy atom. The van der Waals surface area contributed by atoms with Crippen LogP contribution in [0.15, 0.2) is 6.33 Å². The first-order valence-corrected chi connectivity index (χ1v) is 6.56. The molecule has 0 unspecified atom stereocenters. The Balaban J connectivity index is 2.61. The number of hydrogen-bond acceptors (Lipinski definition) is 7. The molecular weight excluding hydrogens is 266 g/mol. The normalized spacial score (nSPS) is 10.7. The molecule has 0 saturated heterocycles.